The molecule has 1 N–H and O–H groups in total. The summed E-state index contributed by atoms with van der Waals surface area (Å²) in [5.41, 5.74) is 0. The summed E-state index contributed by atoms with van der Waals surface area (Å²) in [5.74, 6) is -2.07. The number of rotatable bonds is 12. The first-order valence-corrected chi connectivity index (χ1v) is 14.4. The van der Waals surface area contributed by atoms with Crippen LogP contribution < -0.4 is 0 Å². The van der Waals surface area contributed by atoms with Gasteiger partial charge in [-0.3, -0.25) is 19.3 Å². The normalized spacial score (nSPS) is 33.4. The van der Waals surface area contributed by atoms with Crippen LogP contribution in [0.2, 0.25) is 0 Å². The minimum Gasteiger partial charge on any atom is -0.465 e. The van der Waals surface area contributed by atoms with Crippen LogP contribution in [0.15, 0.2) is 25.3 Å². The topological polar surface area (TPSA) is 99.6 Å². The highest BCUT2D eigenvalue weighted by molar-refractivity contribution is 9.09. The molecule has 36 heavy (non-hydrogen) atoms. The Morgan fingerprint density at radius 3 is 2.69 bits per heavy atom. The molecule has 9 nitrogen and oxygen atoms in total. The van der Waals surface area contributed by atoms with Crippen molar-refractivity contribution in [2.75, 3.05) is 65.7 Å². The second-order valence-electron chi connectivity index (χ2n) is 9.69. The highest BCUT2D eigenvalue weighted by atomic mass is 79.9. The van der Waals surface area contributed by atoms with Crippen LogP contribution in [0.5, 0.6) is 0 Å². The maximum Gasteiger partial charge on any atom is 0.310 e. The Morgan fingerprint density at radius 2 is 2.03 bits per heavy atom. The van der Waals surface area contributed by atoms with Gasteiger partial charge < -0.3 is 24.4 Å². The number of carbonyl (C=O) groups is 3. The number of fused-ring (bicyclic) bond motifs is 1. The zero-order valence-corrected chi connectivity index (χ0v) is 23.0. The molecule has 0 aromatic rings. The number of ether oxygens (including phenoxy) is 2. The number of hydrogen-bond donors (Lipinski definition) is 1. The van der Waals surface area contributed by atoms with E-state index >= 15 is 0 Å². The SMILES string of the molecule is C=CCCOC(=O)[C@H]1[C@@H]2SC3(CC2Br)C(C(=O)N(CC=C)CCN2CCOCC2)N(CCO)C(=O)[C@H]13. The predicted molar refractivity (Wildman–Crippen MR) is 141 cm³/mol. The molecule has 0 aliphatic carbocycles. The van der Waals surface area contributed by atoms with Crippen LogP contribution in [-0.2, 0) is 23.9 Å². The second-order valence-corrected chi connectivity index (χ2v) is 12.4. The standard InChI is InChI=1S/C25H36BrN3O6S/c1-3-5-13-35-24(33)18-19-22(31)29(9-12-30)21(25(19)16-17(26)20(18)36-25)23(32)28(6-4-2)8-7-27-10-14-34-15-11-27/h3-4,17-21,30H,1-2,5-16H2/t17?,18-,19+,20-,21?,25?/m1/s1. The molecule has 6 atom stereocenters. The first-order valence-electron chi connectivity index (χ1n) is 12.6. The van der Waals surface area contributed by atoms with Crippen molar-refractivity contribution in [3.63, 3.8) is 0 Å². The molecule has 4 saturated heterocycles. The Morgan fingerprint density at radius 1 is 1.28 bits per heavy atom. The molecule has 0 aromatic heterocycles. The minimum absolute atomic E-state index is 0.0194. The molecule has 0 saturated carbocycles. The first kappa shape index (κ1) is 27.6. The Labute approximate surface area is 225 Å². The number of esters is 1. The van der Waals surface area contributed by atoms with Crippen LogP contribution in [0.1, 0.15) is 12.8 Å². The molecule has 4 heterocycles. The molecule has 4 aliphatic heterocycles. The number of carbonyl (C=O) groups excluding carboxylic acids is 3. The van der Waals surface area contributed by atoms with Crippen LogP contribution in [-0.4, -0.2) is 124 Å². The molecule has 3 unspecified atom stereocenters. The number of aliphatic hydroxyl groups excluding tert-OH is 1. The zero-order chi connectivity index (χ0) is 25.9. The lowest BCUT2D eigenvalue weighted by atomic mass is 9.71. The van der Waals surface area contributed by atoms with Gasteiger partial charge in [0, 0.05) is 49.3 Å². The lowest BCUT2D eigenvalue weighted by Gasteiger charge is -2.38. The van der Waals surface area contributed by atoms with Gasteiger partial charge in [-0.15, -0.1) is 24.9 Å². The fraction of sp³-hybridized carbons (Fsp3) is 0.720. The number of hydrogen-bond acceptors (Lipinski definition) is 8. The van der Waals surface area contributed by atoms with Crippen molar-refractivity contribution < 1.29 is 29.0 Å². The molecular formula is C25H36BrN3O6S. The summed E-state index contributed by atoms with van der Waals surface area (Å²) in [4.78, 5) is 46.6. The third-order valence-corrected chi connectivity index (χ3v) is 10.9. The van der Waals surface area contributed by atoms with E-state index in [9.17, 15) is 19.5 Å². The third-order valence-electron chi connectivity index (χ3n) is 7.65. The lowest BCUT2D eigenvalue weighted by Crippen LogP contribution is -2.56. The fourth-order valence-electron chi connectivity index (χ4n) is 6.07. The zero-order valence-electron chi connectivity index (χ0n) is 20.6. The largest absolute Gasteiger partial charge is 0.465 e. The van der Waals surface area contributed by atoms with Crippen molar-refractivity contribution in [1.82, 2.24) is 14.7 Å². The van der Waals surface area contributed by atoms with E-state index in [0.717, 1.165) is 13.1 Å². The Hall–Kier alpha value is -1.40. The fourth-order valence-corrected chi connectivity index (χ4v) is 9.67. The molecule has 11 heteroatoms. The summed E-state index contributed by atoms with van der Waals surface area (Å²) < 4.78 is 10.2. The van der Waals surface area contributed by atoms with Gasteiger partial charge in [0.1, 0.15) is 6.04 Å². The third kappa shape index (κ3) is 5.01. The smallest absolute Gasteiger partial charge is 0.310 e. The van der Waals surface area contributed by atoms with Gasteiger partial charge in [-0.05, 0) is 12.8 Å². The van der Waals surface area contributed by atoms with Crippen molar-refractivity contribution in [1.29, 1.82) is 0 Å². The molecule has 1 spiro atoms. The van der Waals surface area contributed by atoms with Gasteiger partial charge in [-0.25, -0.2) is 0 Å². The molecule has 0 radical (unpaired) electrons. The van der Waals surface area contributed by atoms with Crippen LogP contribution in [0, 0.1) is 11.8 Å². The number of nitrogens with zero attached hydrogens (tertiary/aromatic N) is 3. The Balaban J connectivity index is 1.60. The van der Waals surface area contributed by atoms with Gasteiger partial charge >= 0.3 is 5.97 Å². The van der Waals surface area contributed by atoms with E-state index < -0.39 is 28.6 Å². The summed E-state index contributed by atoms with van der Waals surface area (Å²) in [6.45, 7) is 12.1. The van der Waals surface area contributed by atoms with E-state index in [1.54, 1.807) is 28.8 Å². The minimum atomic E-state index is -0.757. The number of thioether (sulfide) groups is 1. The van der Waals surface area contributed by atoms with Gasteiger partial charge in [0.2, 0.25) is 11.8 Å². The average Bonchev–Trinajstić information content (AvgIpc) is 3.46. The Kier molecular flexibility index (Phi) is 9.19. The van der Waals surface area contributed by atoms with Gasteiger partial charge in [0.25, 0.3) is 0 Å². The predicted octanol–water partition coefficient (Wildman–Crippen LogP) is 0.909. The number of aliphatic hydroxyl groups is 1. The van der Waals surface area contributed by atoms with E-state index in [0.29, 0.717) is 45.7 Å². The number of likely N-dealkylation sites (tertiary alicyclic amines) is 1. The maximum absolute atomic E-state index is 14.2. The van der Waals surface area contributed by atoms with E-state index in [1.807, 2.05) is 0 Å². The summed E-state index contributed by atoms with van der Waals surface area (Å²) in [7, 11) is 0. The van der Waals surface area contributed by atoms with Crippen molar-refractivity contribution >= 4 is 45.5 Å². The first-order chi connectivity index (χ1) is 17.4. The van der Waals surface area contributed by atoms with Gasteiger partial charge in [0.05, 0.1) is 43.0 Å². The number of β-amino-alcohol motifs (C(OH)–C–C–N with tert-alkyl or cyclic N) is 1. The summed E-state index contributed by atoms with van der Waals surface area (Å²) >= 11 is 5.31. The van der Waals surface area contributed by atoms with Crippen molar-refractivity contribution in [3.8, 4) is 0 Å². The summed E-state index contributed by atoms with van der Waals surface area (Å²) in [5, 5.41) is 9.64. The average molecular weight is 587 g/mol. The van der Waals surface area contributed by atoms with E-state index in [4.69, 9.17) is 9.47 Å². The molecule has 4 aliphatic rings. The van der Waals surface area contributed by atoms with Crippen LogP contribution in [0.3, 0.4) is 0 Å². The van der Waals surface area contributed by atoms with Crippen molar-refractivity contribution in [2.24, 2.45) is 11.8 Å². The highest BCUT2D eigenvalue weighted by Gasteiger charge is 2.76. The van der Waals surface area contributed by atoms with Crippen molar-refractivity contribution in [3.05, 3.63) is 25.3 Å². The summed E-state index contributed by atoms with van der Waals surface area (Å²) in [6, 6.07) is -0.757. The van der Waals surface area contributed by atoms with E-state index in [-0.39, 0.29) is 41.6 Å². The van der Waals surface area contributed by atoms with Crippen LogP contribution in [0.4, 0.5) is 0 Å². The molecule has 200 valence electrons. The van der Waals surface area contributed by atoms with Gasteiger partial charge in [0.15, 0.2) is 0 Å². The van der Waals surface area contributed by atoms with E-state index in [1.165, 1.54) is 4.90 Å². The lowest BCUT2D eigenvalue weighted by molar-refractivity contribution is -0.154. The molecule has 0 aromatic carbocycles. The molecular weight excluding hydrogens is 550 g/mol. The second kappa shape index (κ2) is 12.0. The van der Waals surface area contributed by atoms with Crippen LogP contribution in [0.25, 0.3) is 0 Å². The monoisotopic (exact) mass is 585 g/mol. The molecule has 2 amide bonds. The maximum atomic E-state index is 14.2. The van der Waals surface area contributed by atoms with E-state index in [2.05, 4.69) is 34.0 Å². The van der Waals surface area contributed by atoms with Gasteiger partial charge in [-0.1, -0.05) is 28.1 Å². The molecule has 4 fully saturated rings. The molecule has 4 rings (SSSR count). The Bertz CT molecular complexity index is 871. The number of alkyl halides is 1. The summed E-state index contributed by atoms with van der Waals surface area (Å²) in [6.07, 6.45) is 4.51. The van der Waals surface area contributed by atoms with Crippen LogP contribution >= 0.6 is 27.7 Å². The molecule has 2 bridgehead atoms. The highest BCUT2D eigenvalue weighted by Crippen LogP contribution is 2.67. The number of morpholine rings is 1. The quantitative estimate of drug-likeness (QED) is 0.156. The van der Waals surface area contributed by atoms with Gasteiger partial charge in [-0.2, -0.15) is 0 Å². The number of halogens is 1. The van der Waals surface area contributed by atoms with Crippen molar-refractivity contribution in [2.45, 2.75) is 33.7 Å². The number of amides is 2.